The predicted molar refractivity (Wildman–Crippen MR) is 105 cm³/mol. The molecule has 0 aliphatic heterocycles. The molecule has 3 rings (SSSR count). The Kier molecular flexibility index (Phi) is 5.14. The first-order valence-corrected chi connectivity index (χ1v) is 9.17. The van der Waals surface area contributed by atoms with E-state index in [0.717, 1.165) is 30.4 Å². The molecule has 1 aromatic heterocycles. The fourth-order valence-corrected chi connectivity index (χ4v) is 3.96. The molecule has 1 unspecified atom stereocenters. The van der Waals surface area contributed by atoms with Gasteiger partial charge >= 0.3 is 0 Å². The maximum Gasteiger partial charge on any atom is 0.137 e. The van der Waals surface area contributed by atoms with Gasteiger partial charge in [-0.3, -0.25) is 5.73 Å². The number of fused-ring (bicyclic) bond motifs is 1. The molecule has 0 aliphatic rings. The van der Waals surface area contributed by atoms with Crippen molar-refractivity contribution in [1.82, 2.24) is 4.57 Å². The second-order valence-corrected chi connectivity index (χ2v) is 6.69. The van der Waals surface area contributed by atoms with Crippen LogP contribution >= 0.6 is 0 Å². The monoisotopic (exact) mass is 336 g/mol. The molecule has 3 heteroatoms. The van der Waals surface area contributed by atoms with Gasteiger partial charge in [-0.2, -0.15) is 0 Å². The molecule has 25 heavy (non-hydrogen) atoms. The first kappa shape index (κ1) is 17.6. The molecule has 2 N–H and O–H groups in total. The third-order valence-electron chi connectivity index (χ3n) is 5.23. The average Bonchev–Trinajstić information content (AvgIpc) is 3.06. The summed E-state index contributed by atoms with van der Waals surface area (Å²) in [4.78, 5) is 0. The first-order valence-electron chi connectivity index (χ1n) is 9.17. The van der Waals surface area contributed by atoms with E-state index in [1.165, 1.54) is 16.6 Å². The molecule has 0 saturated heterocycles. The van der Waals surface area contributed by atoms with Gasteiger partial charge in [0.05, 0.1) is 11.1 Å². The number of ether oxygens (including phenoxy) is 1. The highest BCUT2D eigenvalue weighted by molar-refractivity contribution is 5.87. The van der Waals surface area contributed by atoms with E-state index in [-0.39, 0.29) is 12.3 Å². The Morgan fingerprint density at radius 2 is 1.80 bits per heavy atom. The van der Waals surface area contributed by atoms with Crippen LogP contribution in [0.15, 0.2) is 54.7 Å². The largest absolute Gasteiger partial charge is 0.478 e. The number of rotatable bonds is 7. The maximum absolute atomic E-state index is 5.62. The summed E-state index contributed by atoms with van der Waals surface area (Å²) in [7, 11) is 0. The quantitative estimate of drug-likeness (QED) is 0.603. The van der Waals surface area contributed by atoms with E-state index in [9.17, 15) is 0 Å². The van der Waals surface area contributed by atoms with Gasteiger partial charge in [0, 0.05) is 11.6 Å². The molecule has 1 heterocycles. The van der Waals surface area contributed by atoms with Gasteiger partial charge in [-0.05, 0) is 43.5 Å². The minimum absolute atomic E-state index is 0.0501. The summed E-state index contributed by atoms with van der Waals surface area (Å²) in [6.45, 7) is 6.86. The molecular weight excluding hydrogens is 308 g/mol. The fourth-order valence-electron chi connectivity index (χ4n) is 3.96. The molecule has 2 aromatic carbocycles. The number of nitrogens with two attached hydrogens (primary N) is 1. The molecule has 0 bridgehead atoms. The number of aryl methyl sites for hydroxylation is 1. The number of benzene rings is 2. The van der Waals surface area contributed by atoms with E-state index in [0.29, 0.717) is 0 Å². The summed E-state index contributed by atoms with van der Waals surface area (Å²) < 4.78 is 8.06. The molecule has 0 amide bonds. The summed E-state index contributed by atoms with van der Waals surface area (Å²) in [6, 6.07) is 17.3. The smallest absolute Gasteiger partial charge is 0.137 e. The number of hydrogen-bond donors (Lipinski definition) is 1. The van der Waals surface area contributed by atoms with Crippen molar-refractivity contribution >= 4 is 10.9 Å². The lowest BCUT2D eigenvalue weighted by molar-refractivity contribution is 0.321. The normalized spacial score (nSPS) is 13.8. The lowest BCUT2D eigenvalue weighted by Crippen LogP contribution is -2.33. The summed E-state index contributed by atoms with van der Waals surface area (Å²) in [5.41, 5.74) is 9.40. The minimum Gasteiger partial charge on any atom is -0.478 e. The van der Waals surface area contributed by atoms with Gasteiger partial charge in [-0.25, -0.2) is 0 Å². The number of aromatic nitrogens is 1. The van der Waals surface area contributed by atoms with Crippen LogP contribution in [0.2, 0.25) is 0 Å². The second kappa shape index (κ2) is 7.32. The van der Waals surface area contributed by atoms with Crippen molar-refractivity contribution < 1.29 is 4.74 Å². The van der Waals surface area contributed by atoms with Crippen LogP contribution in [0.4, 0.5) is 0 Å². The van der Waals surface area contributed by atoms with Gasteiger partial charge in [0.25, 0.3) is 0 Å². The maximum atomic E-state index is 5.62. The standard InChI is InChI=1S/C22H28N2O/c1-4-14-22(5-2,18-11-9-17(3)10-12-18)24-15-13-19-20(24)7-6-8-21(19)25-16-23/h6-13,15H,4-5,14,16,23H2,1-3H3. The van der Waals surface area contributed by atoms with E-state index in [4.69, 9.17) is 10.5 Å². The minimum atomic E-state index is -0.0501. The van der Waals surface area contributed by atoms with Crippen molar-refractivity contribution in [1.29, 1.82) is 0 Å². The zero-order valence-electron chi connectivity index (χ0n) is 15.5. The zero-order valence-corrected chi connectivity index (χ0v) is 15.5. The summed E-state index contributed by atoms with van der Waals surface area (Å²) >= 11 is 0. The highest BCUT2D eigenvalue weighted by Crippen LogP contribution is 2.39. The van der Waals surface area contributed by atoms with Crippen molar-refractivity contribution in [3.05, 3.63) is 65.9 Å². The summed E-state index contributed by atoms with van der Waals surface area (Å²) in [5, 5.41) is 1.12. The van der Waals surface area contributed by atoms with Gasteiger partial charge < -0.3 is 9.30 Å². The van der Waals surface area contributed by atoms with Gasteiger partial charge in [0.1, 0.15) is 12.5 Å². The fraction of sp³-hybridized carbons (Fsp3) is 0.364. The van der Waals surface area contributed by atoms with Gasteiger partial charge in [0.2, 0.25) is 0 Å². The van der Waals surface area contributed by atoms with E-state index in [1.807, 2.05) is 12.1 Å². The van der Waals surface area contributed by atoms with Crippen molar-refractivity contribution in [2.75, 3.05) is 6.73 Å². The van der Waals surface area contributed by atoms with Crippen LogP contribution in [0.3, 0.4) is 0 Å². The van der Waals surface area contributed by atoms with Crippen LogP contribution in [0.25, 0.3) is 10.9 Å². The molecule has 0 spiro atoms. The molecule has 3 nitrogen and oxygen atoms in total. The molecule has 132 valence electrons. The molecule has 0 radical (unpaired) electrons. The van der Waals surface area contributed by atoms with E-state index < -0.39 is 0 Å². The molecule has 0 aliphatic carbocycles. The lowest BCUT2D eigenvalue weighted by Gasteiger charge is -2.36. The first-order chi connectivity index (χ1) is 12.2. The van der Waals surface area contributed by atoms with Crippen LogP contribution in [0, 0.1) is 6.92 Å². The highest BCUT2D eigenvalue weighted by Gasteiger charge is 2.32. The van der Waals surface area contributed by atoms with Crippen molar-refractivity contribution in [2.24, 2.45) is 5.73 Å². The van der Waals surface area contributed by atoms with E-state index in [1.54, 1.807) is 0 Å². The Labute approximate surface area is 150 Å². The third kappa shape index (κ3) is 3.05. The lowest BCUT2D eigenvalue weighted by atomic mass is 9.82. The van der Waals surface area contributed by atoms with Crippen LogP contribution in [0.1, 0.15) is 44.2 Å². The summed E-state index contributed by atoms with van der Waals surface area (Å²) in [6.07, 6.45) is 5.46. The van der Waals surface area contributed by atoms with Crippen molar-refractivity contribution in [3.8, 4) is 5.75 Å². The average molecular weight is 336 g/mol. The molecule has 0 fully saturated rings. The number of nitrogens with zero attached hydrogens (tertiary/aromatic N) is 1. The molecule has 0 saturated carbocycles. The van der Waals surface area contributed by atoms with Crippen LogP contribution in [0.5, 0.6) is 5.75 Å². The topological polar surface area (TPSA) is 40.2 Å². The van der Waals surface area contributed by atoms with Crippen LogP contribution < -0.4 is 10.5 Å². The van der Waals surface area contributed by atoms with E-state index in [2.05, 4.69) is 67.9 Å². The Hall–Kier alpha value is -2.26. The Morgan fingerprint density at radius 1 is 1.04 bits per heavy atom. The van der Waals surface area contributed by atoms with Crippen molar-refractivity contribution in [3.63, 3.8) is 0 Å². The summed E-state index contributed by atoms with van der Waals surface area (Å²) in [5.74, 6) is 0.851. The molecule has 1 atom stereocenters. The third-order valence-corrected chi connectivity index (χ3v) is 5.23. The number of hydrogen-bond acceptors (Lipinski definition) is 2. The second-order valence-electron chi connectivity index (χ2n) is 6.69. The Morgan fingerprint density at radius 3 is 2.44 bits per heavy atom. The van der Waals surface area contributed by atoms with E-state index >= 15 is 0 Å². The molecule has 3 aromatic rings. The Balaban J connectivity index is 2.22. The Bertz CT molecular complexity index is 835. The van der Waals surface area contributed by atoms with Crippen LogP contribution in [-0.4, -0.2) is 11.3 Å². The van der Waals surface area contributed by atoms with Crippen molar-refractivity contribution in [2.45, 2.75) is 45.6 Å². The highest BCUT2D eigenvalue weighted by atomic mass is 16.5. The van der Waals surface area contributed by atoms with Gasteiger partial charge in [-0.15, -0.1) is 0 Å². The van der Waals surface area contributed by atoms with Gasteiger partial charge in [0.15, 0.2) is 0 Å². The van der Waals surface area contributed by atoms with Crippen LogP contribution in [-0.2, 0) is 5.54 Å². The zero-order chi connectivity index (χ0) is 17.9. The SMILES string of the molecule is CCCC(CC)(c1ccc(C)cc1)n1ccc2c(OCN)cccc21. The molecular formula is C22H28N2O. The van der Waals surface area contributed by atoms with Gasteiger partial charge in [-0.1, -0.05) is 56.2 Å². The predicted octanol–water partition coefficient (Wildman–Crippen LogP) is 5.20.